The summed E-state index contributed by atoms with van der Waals surface area (Å²) in [6, 6.07) is 9.29. The van der Waals surface area contributed by atoms with Crippen LogP contribution in [0.4, 0.5) is 5.95 Å². The number of benzene rings is 1. The minimum absolute atomic E-state index is 0.634. The van der Waals surface area contributed by atoms with E-state index in [1.54, 1.807) is 0 Å². The van der Waals surface area contributed by atoms with Crippen molar-refractivity contribution < 1.29 is 0 Å². The lowest BCUT2D eigenvalue weighted by Gasteiger charge is -2.16. The third-order valence-corrected chi connectivity index (χ3v) is 4.51. The van der Waals surface area contributed by atoms with Crippen molar-refractivity contribution in [3.05, 3.63) is 47.3 Å². The molecule has 0 bridgehead atoms. The first kappa shape index (κ1) is 14.2. The Labute approximate surface area is 127 Å². The van der Waals surface area contributed by atoms with Crippen molar-refractivity contribution >= 4 is 5.95 Å². The molecule has 1 aromatic heterocycles. The summed E-state index contributed by atoms with van der Waals surface area (Å²) in [6.07, 6.45) is 8.55. The molecule has 0 saturated heterocycles. The number of imidazole rings is 1. The zero-order chi connectivity index (χ0) is 14.7. The summed E-state index contributed by atoms with van der Waals surface area (Å²) in [5.41, 5.74) is 3.90. The average Bonchev–Trinajstić information content (AvgIpc) is 3.14. The van der Waals surface area contributed by atoms with Crippen LogP contribution in [0.1, 0.15) is 55.5 Å². The number of rotatable bonds is 5. The summed E-state index contributed by atoms with van der Waals surface area (Å²) in [4.78, 5) is 4.68. The summed E-state index contributed by atoms with van der Waals surface area (Å²) in [5, 5.41) is 3.55. The molecule has 1 aromatic carbocycles. The minimum atomic E-state index is 0.634. The predicted molar refractivity (Wildman–Crippen MR) is 87.6 cm³/mol. The fourth-order valence-electron chi connectivity index (χ4n) is 3.36. The summed E-state index contributed by atoms with van der Waals surface area (Å²) in [7, 11) is 0. The van der Waals surface area contributed by atoms with Crippen molar-refractivity contribution in [2.75, 3.05) is 5.32 Å². The van der Waals surface area contributed by atoms with Crippen molar-refractivity contribution in [2.45, 2.75) is 58.5 Å². The van der Waals surface area contributed by atoms with Crippen LogP contribution < -0.4 is 5.32 Å². The molecule has 2 aromatic rings. The molecule has 0 atom stereocenters. The lowest BCUT2D eigenvalue weighted by Crippen LogP contribution is -2.11. The highest BCUT2D eigenvalue weighted by molar-refractivity contribution is 5.35. The number of hydrogen-bond acceptors (Lipinski definition) is 2. The number of nitrogens with zero attached hydrogens (tertiary/aromatic N) is 2. The number of hydrogen-bond donors (Lipinski definition) is 1. The molecule has 1 aliphatic rings. The topological polar surface area (TPSA) is 29.9 Å². The van der Waals surface area contributed by atoms with E-state index in [0.717, 1.165) is 24.6 Å². The Kier molecular flexibility index (Phi) is 4.28. The Morgan fingerprint density at radius 1 is 1.19 bits per heavy atom. The number of aromatic nitrogens is 2. The SMILES string of the molecule is CCc1ccccc1CNc1nc(C)cn1C1CCCC1. The second kappa shape index (κ2) is 6.33. The van der Waals surface area contributed by atoms with Crippen LogP contribution in [0, 0.1) is 6.92 Å². The maximum atomic E-state index is 4.68. The van der Waals surface area contributed by atoms with Gasteiger partial charge in [-0.25, -0.2) is 4.98 Å². The van der Waals surface area contributed by atoms with Gasteiger partial charge in [-0.05, 0) is 37.3 Å². The lowest BCUT2D eigenvalue weighted by molar-refractivity contribution is 0.522. The van der Waals surface area contributed by atoms with E-state index in [1.165, 1.54) is 36.8 Å². The van der Waals surface area contributed by atoms with Gasteiger partial charge in [0.2, 0.25) is 5.95 Å². The van der Waals surface area contributed by atoms with E-state index in [0.29, 0.717) is 6.04 Å². The summed E-state index contributed by atoms with van der Waals surface area (Å²) in [5.74, 6) is 1.03. The predicted octanol–water partition coefficient (Wildman–Crippen LogP) is 4.48. The highest BCUT2D eigenvalue weighted by Crippen LogP contribution is 2.32. The van der Waals surface area contributed by atoms with Gasteiger partial charge in [-0.3, -0.25) is 0 Å². The summed E-state index contributed by atoms with van der Waals surface area (Å²) >= 11 is 0. The molecule has 112 valence electrons. The van der Waals surface area contributed by atoms with Gasteiger partial charge in [0.05, 0.1) is 5.69 Å². The van der Waals surface area contributed by atoms with Crippen LogP contribution in [0.15, 0.2) is 30.5 Å². The van der Waals surface area contributed by atoms with Gasteiger partial charge in [0.1, 0.15) is 0 Å². The molecule has 3 nitrogen and oxygen atoms in total. The Morgan fingerprint density at radius 2 is 1.90 bits per heavy atom. The molecule has 1 saturated carbocycles. The molecule has 0 amide bonds. The van der Waals surface area contributed by atoms with E-state index in [2.05, 4.69) is 59.2 Å². The first-order chi connectivity index (χ1) is 10.3. The molecule has 0 unspecified atom stereocenters. The van der Waals surface area contributed by atoms with Crippen molar-refractivity contribution in [1.82, 2.24) is 9.55 Å². The minimum Gasteiger partial charge on any atom is -0.352 e. The maximum absolute atomic E-state index is 4.68. The van der Waals surface area contributed by atoms with Crippen LogP contribution in [0.25, 0.3) is 0 Å². The molecule has 1 fully saturated rings. The van der Waals surface area contributed by atoms with Gasteiger partial charge in [-0.15, -0.1) is 0 Å². The van der Waals surface area contributed by atoms with E-state index in [9.17, 15) is 0 Å². The zero-order valence-electron chi connectivity index (χ0n) is 13.1. The third-order valence-electron chi connectivity index (χ3n) is 4.51. The monoisotopic (exact) mass is 283 g/mol. The molecule has 3 heteroatoms. The molecule has 0 radical (unpaired) electrons. The fourth-order valence-corrected chi connectivity index (χ4v) is 3.36. The van der Waals surface area contributed by atoms with E-state index in [1.807, 2.05) is 0 Å². The second-order valence-corrected chi connectivity index (χ2v) is 6.03. The quantitative estimate of drug-likeness (QED) is 0.876. The summed E-state index contributed by atoms with van der Waals surface area (Å²) in [6.45, 7) is 5.15. The van der Waals surface area contributed by atoms with Gasteiger partial charge in [-0.1, -0.05) is 44.0 Å². The molecule has 0 spiro atoms. The van der Waals surface area contributed by atoms with Gasteiger partial charge >= 0.3 is 0 Å². The van der Waals surface area contributed by atoms with Crippen molar-refractivity contribution in [3.8, 4) is 0 Å². The van der Waals surface area contributed by atoms with Crippen LogP contribution >= 0.6 is 0 Å². The number of nitrogens with one attached hydrogen (secondary N) is 1. The smallest absolute Gasteiger partial charge is 0.203 e. The fraction of sp³-hybridized carbons (Fsp3) is 0.500. The van der Waals surface area contributed by atoms with E-state index < -0.39 is 0 Å². The van der Waals surface area contributed by atoms with Crippen LogP contribution in [0.2, 0.25) is 0 Å². The Hall–Kier alpha value is -1.77. The number of anilines is 1. The van der Waals surface area contributed by atoms with Crippen molar-refractivity contribution in [2.24, 2.45) is 0 Å². The van der Waals surface area contributed by atoms with E-state index in [-0.39, 0.29) is 0 Å². The molecular formula is C18H25N3. The van der Waals surface area contributed by atoms with Gasteiger partial charge in [-0.2, -0.15) is 0 Å². The zero-order valence-corrected chi connectivity index (χ0v) is 13.1. The van der Waals surface area contributed by atoms with Crippen LogP contribution in [0.5, 0.6) is 0 Å². The van der Waals surface area contributed by atoms with Crippen LogP contribution in [-0.2, 0) is 13.0 Å². The van der Waals surface area contributed by atoms with Crippen molar-refractivity contribution in [3.63, 3.8) is 0 Å². The maximum Gasteiger partial charge on any atom is 0.203 e. The molecule has 3 rings (SSSR count). The second-order valence-electron chi connectivity index (χ2n) is 6.03. The van der Waals surface area contributed by atoms with Gasteiger partial charge in [0.25, 0.3) is 0 Å². The van der Waals surface area contributed by atoms with Gasteiger partial charge in [0.15, 0.2) is 0 Å². The Bertz CT molecular complexity index is 594. The summed E-state index contributed by atoms with van der Waals surface area (Å²) < 4.78 is 2.36. The Morgan fingerprint density at radius 3 is 2.62 bits per heavy atom. The lowest BCUT2D eigenvalue weighted by atomic mass is 10.1. The standard InChI is InChI=1S/C18H25N3/c1-3-15-8-4-5-9-16(15)12-19-18-20-14(2)13-21(18)17-10-6-7-11-17/h4-5,8-9,13,17H,3,6-7,10-12H2,1-2H3,(H,19,20). The highest BCUT2D eigenvalue weighted by Gasteiger charge is 2.20. The largest absolute Gasteiger partial charge is 0.352 e. The third kappa shape index (κ3) is 3.12. The van der Waals surface area contributed by atoms with Gasteiger partial charge in [0, 0.05) is 18.8 Å². The van der Waals surface area contributed by atoms with Crippen molar-refractivity contribution in [1.29, 1.82) is 0 Å². The molecule has 21 heavy (non-hydrogen) atoms. The molecular weight excluding hydrogens is 258 g/mol. The number of aryl methyl sites for hydroxylation is 2. The average molecular weight is 283 g/mol. The molecule has 0 aliphatic heterocycles. The Balaban J connectivity index is 1.75. The molecule has 1 aliphatic carbocycles. The highest BCUT2D eigenvalue weighted by atomic mass is 15.2. The van der Waals surface area contributed by atoms with Crippen LogP contribution in [0.3, 0.4) is 0 Å². The first-order valence-corrected chi connectivity index (χ1v) is 8.14. The molecule has 1 heterocycles. The van der Waals surface area contributed by atoms with E-state index >= 15 is 0 Å². The normalized spacial score (nSPS) is 15.5. The first-order valence-electron chi connectivity index (χ1n) is 8.14. The molecule has 1 N–H and O–H groups in total. The van der Waals surface area contributed by atoms with Crippen LogP contribution in [-0.4, -0.2) is 9.55 Å². The van der Waals surface area contributed by atoms with E-state index in [4.69, 9.17) is 0 Å². The van der Waals surface area contributed by atoms with Gasteiger partial charge < -0.3 is 9.88 Å².